The number of benzene rings is 4. The van der Waals surface area contributed by atoms with E-state index in [1.165, 1.54) is 46.5 Å². The maximum Gasteiger partial charge on any atom is 0.329 e. The van der Waals surface area contributed by atoms with Crippen LogP contribution in [0.15, 0.2) is 109 Å². The number of aryl methyl sites for hydroxylation is 2. The Morgan fingerprint density at radius 3 is 2.55 bits per heavy atom. The first-order valence-electron chi connectivity index (χ1n) is 22.1. The number of pyridine rings is 1. The van der Waals surface area contributed by atoms with Crippen LogP contribution in [0, 0.1) is 11.8 Å². The molecule has 60 heavy (non-hydrogen) atoms. The maximum absolute atomic E-state index is 13.1. The van der Waals surface area contributed by atoms with Crippen LogP contribution < -0.4 is 19.7 Å². The monoisotopic (exact) mass is 825 g/mol. The molecule has 5 aromatic rings. The summed E-state index contributed by atoms with van der Waals surface area (Å²) < 4.78 is 13.2. The summed E-state index contributed by atoms with van der Waals surface area (Å²) in [5, 5.41) is 14.8. The molecule has 8 rings (SSSR count). The van der Waals surface area contributed by atoms with E-state index in [-0.39, 0.29) is 5.41 Å². The van der Waals surface area contributed by atoms with Gasteiger partial charge in [-0.2, -0.15) is 0 Å². The maximum atomic E-state index is 13.1. The molecule has 0 saturated heterocycles. The van der Waals surface area contributed by atoms with E-state index in [0.717, 1.165) is 74.2 Å². The molecule has 1 spiro atoms. The molecule has 7 nitrogen and oxygen atoms in total. The van der Waals surface area contributed by atoms with Gasteiger partial charge in [-0.25, -0.2) is 4.79 Å². The number of carboxylic acid groups (broad SMARTS) is 1. The first-order valence-corrected chi connectivity index (χ1v) is 22.5. The van der Waals surface area contributed by atoms with Crippen LogP contribution in [-0.4, -0.2) is 41.8 Å². The molecule has 3 aliphatic carbocycles. The fourth-order valence-corrected chi connectivity index (χ4v) is 10.7. The van der Waals surface area contributed by atoms with Gasteiger partial charge < -0.3 is 24.8 Å². The fourth-order valence-electron chi connectivity index (χ4n) is 10.5. The van der Waals surface area contributed by atoms with Crippen LogP contribution in [0.25, 0.3) is 0 Å². The number of aromatic nitrogens is 1. The van der Waals surface area contributed by atoms with Crippen LogP contribution in [0.2, 0.25) is 5.02 Å². The molecule has 3 aliphatic rings. The van der Waals surface area contributed by atoms with Crippen molar-refractivity contribution in [1.29, 1.82) is 0 Å². The highest BCUT2D eigenvalue weighted by Gasteiger charge is 2.54. The minimum absolute atomic E-state index is 0.176. The van der Waals surface area contributed by atoms with Crippen molar-refractivity contribution in [2.75, 3.05) is 30.4 Å². The number of carboxylic acids is 1. The number of carbonyl (C=O) groups is 1. The molecule has 1 heterocycles. The molecule has 1 aromatic heterocycles. The zero-order chi connectivity index (χ0) is 41.7. The van der Waals surface area contributed by atoms with E-state index in [4.69, 9.17) is 26.1 Å². The molecule has 1 saturated carbocycles. The second kappa shape index (κ2) is 18.3. The Morgan fingerprint density at radius 2 is 1.75 bits per heavy atom. The lowest BCUT2D eigenvalue weighted by Crippen LogP contribution is -2.53. The predicted molar refractivity (Wildman–Crippen MR) is 243 cm³/mol. The molecule has 0 unspecified atom stereocenters. The Bertz CT molecular complexity index is 2250. The van der Waals surface area contributed by atoms with Crippen molar-refractivity contribution in [3.05, 3.63) is 148 Å². The molecule has 0 amide bonds. The molecule has 0 bridgehead atoms. The van der Waals surface area contributed by atoms with E-state index < -0.39 is 11.5 Å². The van der Waals surface area contributed by atoms with Crippen LogP contribution in [0.1, 0.15) is 105 Å². The summed E-state index contributed by atoms with van der Waals surface area (Å²) in [4.78, 5) is 20.2. The van der Waals surface area contributed by atoms with Gasteiger partial charge in [0, 0.05) is 47.4 Å². The Morgan fingerprint density at radius 1 is 0.950 bits per heavy atom. The average molecular weight is 827 g/mol. The van der Waals surface area contributed by atoms with Crippen LogP contribution in [0.5, 0.6) is 11.5 Å². The number of nitrogens with zero attached hydrogens (tertiary/aromatic N) is 2. The number of halogens is 1. The van der Waals surface area contributed by atoms with E-state index in [1.54, 1.807) is 0 Å². The molecule has 4 aromatic carbocycles. The largest absolute Gasteiger partial charge is 0.493 e. The Kier molecular flexibility index (Phi) is 12.7. The molecular formula is C52H60ClN3O4. The smallest absolute Gasteiger partial charge is 0.329 e. The second-order valence-corrected chi connectivity index (χ2v) is 18.4. The quantitative estimate of drug-likeness (QED) is 0.102. The normalized spacial score (nSPS) is 22.4. The number of aliphatic carboxylic acids is 1. The third-order valence-corrected chi connectivity index (χ3v) is 14.1. The molecule has 8 heteroatoms. The van der Waals surface area contributed by atoms with Gasteiger partial charge >= 0.3 is 5.97 Å². The standard InChI is InChI=1S/C52H60ClN3O4/c1-36(34-60-48-22-27-54-47-19-7-11-37(2)49(47)48)29-41-31-40-20-21-45(59-35-39-14-8-18-44(30-39)56(3)28-10-15-38-12-5-4-6-13-38)33-46(40)51(41)23-25-52(26-24-51,50(57)58)55-43-17-9-16-42(53)32-43/h4-6,8-9,12-14,16-18,20-22,27,30,32-33,36-37,41,55H,7,10-11,15,19,23-26,28-29,31,34-35H2,1-3H3,(H,57,58)/t36-,37-,41+,51?,52?/m1/s1. The van der Waals surface area contributed by atoms with Gasteiger partial charge in [-0.1, -0.05) is 80.0 Å². The van der Waals surface area contributed by atoms with Crippen molar-refractivity contribution in [2.24, 2.45) is 11.8 Å². The summed E-state index contributed by atoms with van der Waals surface area (Å²) in [6.07, 6.45) is 11.9. The number of hydrogen-bond acceptors (Lipinski definition) is 6. The van der Waals surface area contributed by atoms with Crippen molar-refractivity contribution in [3.63, 3.8) is 0 Å². The van der Waals surface area contributed by atoms with Gasteiger partial charge in [-0.05, 0) is 165 Å². The Hall–Kier alpha value is -5.01. The molecular weight excluding hydrogens is 766 g/mol. The lowest BCUT2D eigenvalue weighted by Gasteiger charge is -2.47. The van der Waals surface area contributed by atoms with Crippen molar-refractivity contribution >= 4 is 28.9 Å². The highest BCUT2D eigenvalue weighted by atomic mass is 35.5. The van der Waals surface area contributed by atoms with Crippen LogP contribution >= 0.6 is 11.6 Å². The van der Waals surface area contributed by atoms with E-state index in [2.05, 4.69) is 104 Å². The fraction of sp³-hybridized carbons (Fsp3) is 0.423. The van der Waals surface area contributed by atoms with Gasteiger partial charge in [0.1, 0.15) is 23.6 Å². The van der Waals surface area contributed by atoms with Crippen LogP contribution in [-0.2, 0) is 36.1 Å². The minimum Gasteiger partial charge on any atom is -0.493 e. The summed E-state index contributed by atoms with van der Waals surface area (Å²) in [5.41, 5.74) is 8.32. The summed E-state index contributed by atoms with van der Waals surface area (Å²) in [6.45, 7) is 6.68. The molecule has 2 N–H and O–H groups in total. The number of hydrogen-bond donors (Lipinski definition) is 2. The van der Waals surface area contributed by atoms with Crippen molar-refractivity contribution in [1.82, 2.24) is 4.98 Å². The summed E-state index contributed by atoms with van der Waals surface area (Å²) in [7, 11) is 2.16. The third kappa shape index (κ3) is 9.17. The van der Waals surface area contributed by atoms with E-state index in [9.17, 15) is 9.90 Å². The Balaban J connectivity index is 0.989. The average Bonchev–Trinajstić information content (AvgIpc) is 3.54. The topological polar surface area (TPSA) is 83.9 Å². The van der Waals surface area contributed by atoms with Gasteiger partial charge in [0.2, 0.25) is 0 Å². The predicted octanol–water partition coefficient (Wildman–Crippen LogP) is 11.8. The SMILES string of the molecule is C[C@@H](COc1ccnc2c1[C@H](C)CCC2)C[C@H]1Cc2ccc(OCc3cccc(N(C)CCCc4ccccc4)c3)cc2C12CCC(Nc1cccc(Cl)c1)(C(=O)O)CC2. The number of fused-ring (bicyclic) bond motifs is 3. The molecule has 3 atom stereocenters. The molecule has 0 aliphatic heterocycles. The lowest BCUT2D eigenvalue weighted by atomic mass is 9.59. The number of rotatable bonds is 16. The van der Waals surface area contributed by atoms with Gasteiger partial charge in [-0.15, -0.1) is 0 Å². The Labute approximate surface area is 361 Å². The number of anilines is 2. The first-order chi connectivity index (χ1) is 29.1. The number of ether oxygens (including phenoxy) is 2. The summed E-state index contributed by atoms with van der Waals surface area (Å²) in [5.74, 6) is 2.13. The van der Waals surface area contributed by atoms with E-state index in [0.29, 0.717) is 48.8 Å². The molecule has 1 fully saturated rings. The minimum atomic E-state index is -1.08. The third-order valence-electron chi connectivity index (χ3n) is 13.8. The molecule has 314 valence electrons. The molecule has 0 radical (unpaired) electrons. The van der Waals surface area contributed by atoms with Gasteiger partial charge in [0.05, 0.1) is 6.61 Å². The van der Waals surface area contributed by atoms with Crippen molar-refractivity contribution < 1.29 is 19.4 Å². The lowest BCUT2D eigenvalue weighted by molar-refractivity contribution is -0.144. The van der Waals surface area contributed by atoms with Crippen molar-refractivity contribution in [3.8, 4) is 11.5 Å². The highest BCUT2D eigenvalue weighted by molar-refractivity contribution is 6.30. The highest BCUT2D eigenvalue weighted by Crippen LogP contribution is 2.57. The van der Waals surface area contributed by atoms with Gasteiger partial charge in [0.25, 0.3) is 0 Å². The summed E-state index contributed by atoms with van der Waals surface area (Å²) in [6, 6.07) is 35.4. The van der Waals surface area contributed by atoms with Crippen molar-refractivity contribution in [2.45, 2.75) is 108 Å². The van der Waals surface area contributed by atoms with Gasteiger partial charge in [-0.3, -0.25) is 4.98 Å². The number of nitrogens with one attached hydrogen (secondary N) is 1. The van der Waals surface area contributed by atoms with E-state index in [1.807, 2.05) is 36.5 Å². The summed E-state index contributed by atoms with van der Waals surface area (Å²) >= 11 is 6.34. The first kappa shape index (κ1) is 41.7. The van der Waals surface area contributed by atoms with E-state index >= 15 is 0 Å². The van der Waals surface area contributed by atoms with Crippen LogP contribution in [0.3, 0.4) is 0 Å². The zero-order valence-electron chi connectivity index (χ0n) is 35.5. The zero-order valence-corrected chi connectivity index (χ0v) is 36.2. The van der Waals surface area contributed by atoms with Crippen LogP contribution in [0.4, 0.5) is 11.4 Å². The second-order valence-electron chi connectivity index (χ2n) is 18.0. The van der Waals surface area contributed by atoms with Gasteiger partial charge in [0.15, 0.2) is 0 Å².